The van der Waals surface area contributed by atoms with Gasteiger partial charge < -0.3 is 9.72 Å². The smallest absolute Gasteiger partial charge is 0.151 e. The largest absolute Gasteiger partial charge is 0.372 e. The number of nitrogens with zero attached hydrogens (tertiary/aromatic N) is 1. The van der Waals surface area contributed by atoms with Crippen LogP contribution in [0.4, 0.5) is 4.39 Å². The van der Waals surface area contributed by atoms with Crippen LogP contribution in [0.1, 0.15) is 11.1 Å². The molecule has 0 spiro atoms. The molecule has 0 saturated carbocycles. The van der Waals surface area contributed by atoms with Gasteiger partial charge in [-0.1, -0.05) is 18.2 Å². The van der Waals surface area contributed by atoms with Gasteiger partial charge in [0.15, 0.2) is 5.82 Å². The molecule has 0 unspecified atom stereocenters. The van der Waals surface area contributed by atoms with Gasteiger partial charge in [-0.2, -0.15) is 0 Å². The molecular weight excluding hydrogens is 243 g/mol. The Morgan fingerprint density at radius 3 is 2.89 bits per heavy atom. The number of para-hydroxylation sites is 1. The van der Waals surface area contributed by atoms with Gasteiger partial charge in [0.2, 0.25) is 0 Å². The summed E-state index contributed by atoms with van der Waals surface area (Å²) in [7, 11) is 0. The van der Waals surface area contributed by atoms with E-state index in [1.54, 1.807) is 6.07 Å². The van der Waals surface area contributed by atoms with E-state index >= 15 is 0 Å². The molecule has 4 heteroatoms. The topological polar surface area (TPSA) is 37.9 Å². The van der Waals surface area contributed by atoms with E-state index in [4.69, 9.17) is 4.74 Å². The van der Waals surface area contributed by atoms with Crippen LogP contribution in [0, 0.1) is 5.82 Å². The lowest BCUT2D eigenvalue weighted by Gasteiger charge is -2.00. The van der Waals surface area contributed by atoms with Gasteiger partial charge in [0, 0.05) is 5.56 Å². The predicted molar refractivity (Wildman–Crippen MR) is 70.0 cm³/mol. The summed E-state index contributed by atoms with van der Waals surface area (Å²) in [5.74, 6) is 0.388. The van der Waals surface area contributed by atoms with Crippen molar-refractivity contribution in [1.29, 1.82) is 0 Å². The lowest BCUT2D eigenvalue weighted by atomic mass is 10.1. The highest BCUT2D eigenvalue weighted by molar-refractivity contribution is 5.80. The first-order chi connectivity index (χ1) is 9.31. The first-order valence-corrected chi connectivity index (χ1v) is 6.15. The molecule has 0 radical (unpaired) electrons. The number of aromatic nitrogens is 2. The minimum absolute atomic E-state index is 0.301. The molecule has 0 amide bonds. The van der Waals surface area contributed by atoms with Crippen LogP contribution in [0.25, 0.3) is 22.4 Å². The number of rotatable bonds is 1. The van der Waals surface area contributed by atoms with Crippen molar-refractivity contribution in [2.24, 2.45) is 0 Å². The molecule has 0 bridgehead atoms. The number of aromatic amines is 1. The standard InChI is InChI=1S/C15H11FN2O/c16-12-2-1-3-13-14(12)18-15(17-13)9-4-5-10-7-19-8-11(10)6-9/h1-6H,7-8H2,(H,17,18). The predicted octanol–water partition coefficient (Wildman–Crippen LogP) is 3.40. The Balaban J connectivity index is 1.88. The highest BCUT2D eigenvalue weighted by Crippen LogP contribution is 2.27. The average molecular weight is 254 g/mol. The van der Waals surface area contributed by atoms with Crippen molar-refractivity contribution in [3.05, 3.63) is 53.3 Å². The first-order valence-electron chi connectivity index (χ1n) is 6.15. The van der Waals surface area contributed by atoms with Crippen molar-refractivity contribution in [1.82, 2.24) is 9.97 Å². The minimum Gasteiger partial charge on any atom is -0.372 e. The summed E-state index contributed by atoms with van der Waals surface area (Å²) < 4.78 is 19.0. The van der Waals surface area contributed by atoms with E-state index in [-0.39, 0.29) is 5.82 Å². The number of imidazole rings is 1. The van der Waals surface area contributed by atoms with E-state index in [0.29, 0.717) is 30.1 Å². The molecule has 2 heterocycles. The zero-order valence-electron chi connectivity index (χ0n) is 10.1. The van der Waals surface area contributed by atoms with Gasteiger partial charge in [0.25, 0.3) is 0 Å². The fourth-order valence-electron chi connectivity index (χ4n) is 2.45. The molecule has 3 nitrogen and oxygen atoms in total. The Morgan fingerprint density at radius 1 is 1.11 bits per heavy atom. The normalized spacial score (nSPS) is 13.9. The maximum atomic E-state index is 13.6. The highest BCUT2D eigenvalue weighted by atomic mass is 19.1. The molecule has 1 aliphatic rings. The van der Waals surface area contributed by atoms with E-state index in [2.05, 4.69) is 16.0 Å². The zero-order valence-corrected chi connectivity index (χ0v) is 10.1. The van der Waals surface area contributed by atoms with Crippen molar-refractivity contribution < 1.29 is 9.13 Å². The minimum atomic E-state index is -0.301. The van der Waals surface area contributed by atoms with Gasteiger partial charge in [-0.05, 0) is 29.3 Å². The van der Waals surface area contributed by atoms with E-state index < -0.39 is 0 Å². The SMILES string of the molecule is Fc1cccc2[nH]c(-c3ccc4c(c3)COC4)nc12. The molecule has 0 atom stereocenters. The molecule has 1 aliphatic heterocycles. The van der Waals surface area contributed by atoms with Gasteiger partial charge in [0.05, 0.1) is 18.7 Å². The Morgan fingerprint density at radius 2 is 2.00 bits per heavy atom. The van der Waals surface area contributed by atoms with Gasteiger partial charge in [-0.25, -0.2) is 9.37 Å². The Kier molecular flexibility index (Phi) is 2.19. The fourth-order valence-corrected chi connectivity index (χ4v) is 2.45. The maximum absolute atomic E-state index is 13.6. The van der Waals surface area contributed by atoms with Crippen LogP contribution in [0.3, 0.4) is 0 Å². The van der Waals surface area contributed by atoms with Crippen LogP contribution in [0.2, 0.25) is 0 Å². The zero-order chi connectivity index (χ0) is 12.8. The summed E-state index contributed by atoms with van der Waals surface area (Å²) in [6, 6.07) is 11.0. The van der Waals surface area contributed by atoms with E-state index in [1.807, 2.05) is 18.2 Å². The lowest BCUT2D eigenvalue weighted by molar-refractivity contribution is 0.134. The van der Waals surface area contributed by atoms with Gasteiger partial charge in [-0.15, -0.1) is 0 Å². The van der Waals surface area contributed by atoms with Crippen LogP contribution in [-0.2, 0) is 18.0 Å². The van der Waals surface area contributed by atoms with Gasteiger partial charge >= 0.3 is 0 Å². The van der Waals surface area contributed by atoms with Crippen molar-refractivity contribution in [3.63, 3.8) is 0 Å². The van der Waals surface area contributed by atoms with Crippen LogP contribution in [-0.4, -0.2) is 9.97 Å². The third kappa shape index (κ3) is 1.64. The maximum Gasteiger partial charge on any atom is 0.151 e. The molecule has 19 heavy (non-hydrogen) atoms. The molecule has 94 valence electrons. The number of H-pyrrole nitrogens is 1. The lowest BCUT2D eigenvalue weighted by Crippen LogP contribution is -1.86. The fraction of sp³-hybridized carbons (Fsp3) is 0.133. The number of hydrogen-bond donors (Lipinski definition) is 1. The summed E-state index contributed by atoms with van der Waals surface area (Å²) in [6.45, 7) is 1.31. The monoisotopic (exact) mass is 254 g/mol. The molecule has 0 fully saturated rings. The third-order valence-electron chi connectivity index (χ3n) is 3.46. The van der Waals surface area contributed by atoms with E-state index in [0.717, 1.165) is 5.56 Å². The summed E-state index contributed by atoms with van der Waals surface area (Å²) in [5.41, 5.74) is 4.45. The molecular formula is C15H11FN2O. The summed E-state index contributed by atoms with van der Waals surface area (Å²) >= 11 is 0. The number of fused-ring (bicyclic) bond motifs is 2. The second-order valence-electron chi connectivity index (χ2n) is 4.70. The number of ether oxygens (including phenoxy) is 1. The molecule has 0 aliphatic carbocycles. The molecule has 3 aromatic rings. The second-order valence-corrected chi connectivity index (χ2v) is 4.70. The Hall–Kier alpha value is -2.20. The molecule has 1 aromatic heterocycles. The van der Waals surface area contributed by atoms with E-state index in [9.17, 15) is 4.39 Å². The van der Waals surface area contributed by atoms with Crippen molar-refractivity contribution in [3.8, 4) is 11.4 Å². The van der Waals surface area contributed by atoms with Gasteiger partial charge in [0.1, 0.15) is 11.3 Å². The molecule has 2 aromatic carbocycles. The quantitative estimate of drug-likeness (QED) is 0.722. The summed E-state index contributed by atoms with van der Waals surface area (Å²) in [6.07, 6.45) is 0. The Labute approximate surface area is 109 Å². The third-order valence-corrected chi connectivity index (χ3v) is 3.46. The number of benzene rings is 2. The summed E-state index contributed by atoms with van der Waals surface area (Å²) in [4.78, 5) is 7.49. The summed E-state index contributed by atoms with van der Waals surface area (Å²) in [5, 5.41) is 0. The van der Waals surface area contributed by atoms with Crippen molar-refractivity contribution in [2.45, 2.75) is 13.2 Å². The highest BCUT2D eigenvalue weighted by Gasteiger charge is 2.14. The second kappa shape index (κ2) is 3.90. The molecule has 4 rings (SSSR count). The number of halogens is 1. The van der Waals surface area contributed by atoms with Gasteiger partial charge in [-0.3, -0.25) is 0 Å². The van der Waals surface area contributed by atoms with Crippen LogP contribution in [0.5, 0.6) is 0 Å². The first kappa shape index (κ1) is 10.7. The molecule has 1 N–H and O–H groups in total. The number of hydrogen-bond acceptors (Lipinski definition) is 2. The number of nitrogens with one attached hydrogen (secondary N) is 1. The van der Waals surface area contributed by atoms with Crippen LogP contribution >= 0.6 is 0 Å². The average Bonchev–Trinajstić information content (AvgIpc) is 3.04. The van der Waals surface area contributed by atoms with Crippen LogP contribution in [0.15, 0.2) is 36.4 Å². The Bertz CT molecular complexity index is 779. The molecule has 0 saturated heterocycles. The van der Waals surface area contributed by atoms with Crippen molar-refractivity contribution in [2.75, 3.05) is 0 Å². The van der Waals surface area contributed by atoms with E-state index in [1.165, 1.54) is 17.2 Å². The van der Waals surface area contributed by atoms with Crippen LogP contribution < -0.4 is 0 Å². The van der Waals surface area contributed by atoms with Crippen molar-refractivity contribution >= 4 is 11.0 Å².